The van der Waals surface area contributed by atoms with Crippen molar-refractivity contribution >= 4 is 18.1 Å². The second-order valence-electron chi connectivity index (χ2n) is 6.66. The Kier molecular flexibility index (Phi) is 6.79. The standard InChI is InChI=1S/C21H22N4O2.ClH/c1-15(24-26-14-16-5-3-2-4-6-16)17-7-9-18(10-8-17)20-23-21(27-25-20)19-11-12-22-13-19;/h2-10,19,22H,11-14H2,1H3;1H/t19-;/m1./s1. The zero-order chi connectivity index (χ0) is 18.5. The highest BCUT2D eigenvalue weighted by molar-refractivity contribution is 5.98. The van der Waals surface area contributed by atoms with Crippen molar-refractivity contribution in [2.45, 2.75) is 25.9 Å². The van der Waals surface area contributed by atoms with Gasteiger partial charge in [-0.3, -0.25) is 0 Å². The number of nitrogens with one attached hydrogen (secondary N) is 1. The van der Waals surface area contributed by atoms with E-state index < -0.39 is 0 Å². The fourth-order valence-electron chi connectivity index (χ4n) is 3.07. The molecule has 4 rings (SSSR count). The van der Waals surface area contributed by atoms with Crippen LogP contribution in [0.1, 0.15) is 36.3 Å². The summed E-state index contributed by atoms with van der Waals surface area (Å²) in [5.41, 5.74) is 3.84. The third-order valence-corrected chi connectivity index (χ3v) is 4.69. The number of rotatable bonds is 6. The van der Waals surface area contributed by atoms with Crippen LogP contribution in [0.15, 0.2) is 64.3 Å². The van der Waals surface area contributed by atoms with Crippen LogP contribution in [-0.2, 0) is 11.4 Å². The first kappa shape index (κ1) is 20.0. The molecule has 2 heterocycles. The molecule has 1 aromatic heterocycles. The van der Waals surface area contributed by atoms with Gasteiger partial charge in [-0.25, -0.2) is 0 Å². The second-order valence-corrected chi connectivity index (χ2v) is 6.66. The fourth-order valence-corrected chi connectivity index (χ4v) is 3.07. The third-order valence-electron chi connectivity index (χ3n) is 4.69. The van der Waals surface area contributed by atoms with Gasteiger partial charge in [0.15, 0.2) is 0 Å². The molecule has 1 aliphatic rings. The first-order valence-corrected chi connectivity index (χ1v) is 9.15. The average Bonchev–Trinajstić information content (AvgIpc) is 3.41. The summed E-state index contributed by atoms with van der Waals surface area (Å²) < 4.78 is 5.43. The van der Waals surface area contributed by atoms with Gasteiger partial charge in [0.25, 0.3) is 0 Å². The predicted octanol–water partition coefficient (Wildman–Crippen LogP) is 4.18. The quantitative estimate of drug-likeness (QED) is 0.498. The molecule has 1 saturated heterocycles. The molecule has 146 valence electrons. The molecule has 6 nitrogen and oxygen atoms in total. The van der Waals surface area contributed by atoms with Crippen molar-refractivity contribution in [3.05, 3.63) is 71.6 Å². The van der Waals surface area contributed by atoms with E-state index in [1.807, 2.05) is 61.5 Å². The molecule has 1 N–H and O–H groups in total. The lowest BCUT2D eigenvalue weighted by molar-refractivity contribution is 0.130. The molecule has 0 saturated carbocycles. The minimum atomic E-state index is 0. The lowest BCUT2D eigenvalue weighted by Gasteiger charge is -2.03. The van der Waals surface area contributed by atoms with Crippen LogP contribution < -0.4 is 5.32 Å². The Morgan fingerprint density at radius 2 is 1.96 bits per heavy atom. The van der Waals surface area contributed by atoms with E-state index in [4.69, 9.17) is 9.36 Å². The highest BCUT2D eigenvalue weighted by Gasteiger charge is 2.23. The molecule has 0 aliphatic carbocycles. The second kappa shape index (κ2) is 9.48. The van der Waals surface area contributed by atoms with Crippen LogP contribution in [0.3, 0.4) is 0 Å². The highest BCUT2D eigenvalue weighted by atomic mass is 35.5. The molecule has 7 heteroatoms. The normalized spacial score (nSPS) is 16.6. The van der Waals surface area contributed by atoms with Gasteiger partial charge >= 0.3 is 0 Å². The molecule has 0 bridgehead atoms. The Labute approximate surface area is 170 Å². The maximum absolute atomic E-state index is 5.45. The molecule has 1 atom stereocenters. The van der Waals surface area contributed by atoms with E-state index >= 15 is 0 Å². The van der Waals surface area contributed by atoms with Crippen LogP contribution in [0, 0.1) is 0 Å². The van der Waals surface area contributed by atoms with Crippen molar-refractivity contribution in [3.63, 3.8) is 0 Å². The Hall–Kier alpha value is -2.70. The van der Waals surface area contributed by atoms with E-state index in [0.29, 0.717) is 24.2 Å². The van der Waals surface area contributed by atoms with E-state index in [9.17, 15) is 0 Å². The molecule has 28 heavy (non-hydrogen) atoms. The largest absolute Gasteiger partial charge is 0.391 e. The summed E-state index contributed by atoms with van der Waals surface area (Å²) in [4.78, 5) is 10.0. The SMILES string of the molecule is CC(=NOCc1ccccc1)c1ccc(-c2noc([C@@H]3CCNC3)n2)cc1.Cl. The van der Waals surface area contributed by atoms with Crippen molar-refractivity contribution in [3.8, 4) is 11.4 Å². The van der Waals surface area contributed by atoms with Crippen molar-refractivity contribution in [2.24, 2.45) is 5.16 Å². The van der Waals surface area contributed by atoms with Gasteiger partial charge in [0.2, 0.25) is 11.7 Å². The monoisotopic (exact) mass is 398 g/mol. The summed E-state index contributed by atoms with van der Waals surface area (Å²) in [6.45, 7) is 4.29. The van der Waals surface area contributed by atoms with Crippen molar-refractivity contribution in [2.75, 3.05) is 13.1 Å². The van der Waals surface area contributed by atoms with Gasteiger partial charge in [0.05, 0.1) is 11.6 Å². The van der Waals surface area contributed by atoms with Gasteiger partial charge in [0.1, 0.15) is 6.61 Å². The molecule has 1 aliphatic heterocycles. The summed E-state index contributed by atoms with van der Waals surface area (Å²) in [7, 11) is 0. The zero-order valence-electron chi connectivity index (χ0n) is 15.7. The van der Waals surface area contributed by atoms with Gasteiger partial charge in [-0.15, -0.1) is 12.4 Å². The number of hydrogen-bond acceptors (Lipinski definition) is 6. The van der Waals surface area contributed by atoms with Crippen molar-refractivity contribution in [1.29, 1.82) is 0 Å². The predicted molar refractivity (Wildman–Crippen MR) is 111 cm³/mol. The number of oxime groups is 1. The van der Waals surface area contributed by atoms with Crippen LogP contribution in [-0.4, -0.2) is 28.9 Å². The van der Waals surface area contributed by atoms with E-state index in [2.05, 4.69) is 20.6 Å². The van der Waals surface area contributed by atoms with Crippen molar-refractivity contribution in [1.82, 2.24) is 15.5 Å². The number of hydrogen-bond donors (Lipinski definition) is 1. The lowest BCUT2D eigenvalue weighted by Crippen LogP contribution is -2.08. The molecule has 0 unspecified atom stereocenters. The maximum atomic E-state index is 5.45. The average molecular weight is 399 g/mol. The molecule has 3 aromatic rings. The van der Waals surface area contributed by atoms with E-state index in [-0.39, 0.29) is 12.4 Å². The van der Waals surface area contributed by atoms with Crippen LogP contribution >= 0.6 is 12.4 Å². The smallest absolute Gasteiger partial charge is 0.231 e. The lowest BCUT2D eigenvalue weighted by atomic mass is 10.1. The molecular formula is C21H23ClN4O2. The first-order valence-electron chi connectivity index (χ1n) is 9.15. The maximum Gasteiger partial charge on any atom is 0.231 e. The van der Waals surface area contributed by atoms with Gasteiger partial charge in [-0.2, -0.15) is 4.98 Å². The molecular weight excluding hydrogens is 376 g/mol. The molecule has 0 amide bonds. The minimum Gasteiger partial charge on any atom is -0.391 e. The topological polar surface area (TPSA) is 72.5 Å². The summed E-state index contributed by atoms with van der Waals surface area (Å²) in [6, 6.07) is 17.9. The summed E-state index contributed by atoms with van der Waals surface area (Å²) in [5.74, 6) is 1.66. The summed E-state index contributed by atoms with van der Waals surface area (Å²) >= 11 is 0. The molecule has 0 spiro atoms. The van der Waals surface area contributed by atoms with Gasteiger partial charge in [0, 0.05) is 12.1 Å². The Bertz CT molecular complexity index is 904. The highest BCUT2D eigenvalue weighted by Crippen LogP contribution is 2.24. The summed E-state index contributed by atoms with van der Waals surface area (Å²) in [6.07, 6.45) is 1.04. The van der Waals surface area contributed by atoms with Gasteiger partial charge in [-0.05, 0) is 31.0 Å². The number of nitrogens with zero attached hydrogens (tertiary/aromatic N) is 3. The zero-order valence-corrected chi connectivity index (χ0v) is 16.5. The fraction of sp³-hybridized carbons (Fsp3) is 0.286. The van der Waals surface area contributed by atoms with Crippen LogP contribution in [0.5, 0.6) is 0 Å². The first-order chi connectivity index (χ1) is 13.3. The van der Waals surface area contributed by atoms with Gasteiger partial charge < -0.3 is 14.7 Å². The number of aromatic nitrogens is 2. The van der Waals surface area contributed by atoms with E-state index in [1.54, 1.807) is 0 Å². The van der Waals surface area contributed by atoms with E-state index in [0.717, 1.165) is 41.9 Å². The van der Waals surface area contributed by atoms with Crippen molar-refractivity contribution < 1.29 is 9.36 Å². The van der Waals surface area contributed by atoms with Gasteiger partial charge in [-0.1, -0.05) is 64.9 Å². The van der Waals surface area contributed by atoms with E-state index in [1.165, 1.54) is 0 Å². The Balaban J connectivity index is 0.00000225. The molecule has 0 radical (unpaired) electrons. The molecule has 1 fully saturated rings. The number of halogens is 1. The number of benzene rings is 2. The summed E-state index contributed by atoms with van der Waals surface area (Å²) in [5, 5.41) is 11.6. The Morgan fingerprint density at radius 3 is 2.68 bits per heavy atom. The molecule has 2 aromatic carbocycles. The Morgan fingerprint density at radius 1 is 1.18 bits per heavy atom. The van der Waals surface area contributed by atoms with Crippen LogP contribution in [0.2, 0.25) is 0 Å². The minimum absolute atomic E-state index is 0. The van der Waals surface area contributed by atoms with Crippen LogP contribution in [0.25, 0.3) is 11.4 Å². The third kappa shape index (κ3) is 4.77. The van der Waals surface area contributed by atoms with Crippen LogP contribution in [0.4, 0.5) is 0 Å².